The van der Waals surface area contributed by atoms with Crippen molar-refractivity contribution in [1.29, 1.82) is 0 Å². The van der Waals surface area contributed by atoms with Crippen LogP contribution >= 0.6 is 0 Å². The first-order chi connectivity index (χ1) is 11.9. The lowest BCUT2D eigenvalue weighted by Gasteiger charge is -2.18. The summed E-state index contributed by atoms with van der Waals surface area (Å²) in [6.45, 7) is 3.78. The zero-order valence-electron chi connectivity index (χ0n) is 13.7. The highest BCUT2D eigenvalue weighted by Crippen LogP contribution is 2.37. The molecule has 0 radical (unpaired) electrons. The zero-order valence-corrected chi connectivity index (χ0v) is 13.7. The number of rotatable bonds is 2. The van der Waals surface area contributed by atoms with Gasteiger partial charge in [-0.05, 0) is 49.6 Å². The van der Waals surface area contributed by atoms with Crippen LogP contribution in [0.2, 0.25) is 0 Å². The maximum absolute atomic E-state index is 13.2. The van der Waals surface area contributed by atoms with Crippen molar-refractivity contribution in [2.45, 2.75) is 25.9 Å². The van der Waals surface area contributed by atoms with Gasteiger partial charge in [0.1, 0.15) is 5.82 Å². The van der Waals surface area contributed by atoms with E-state index in [0.717, 1.165) is 37.8 Å². The molecule has 0 bridgehead atoms. The average Bonchev–Trinajstić information content (AvgIpc) is 3.24. The fraction of sp³-hybridized carbons (Fsp3) is 0.333. The van der Waals surface area contributed by atoms with E-state index in [-0.39, 0.29) is 0 Å². The number of anilines is 1. The summed E-state index contributed by atoms with van der Waals surface area (Å²) in [5, 5.41) is 7.20. The molecule has 130 valence electrons. The van der Waals surface area contributed by atoms with Gasteiger partial charge in [0.15, 0.2) is 0 Å². The van der Waals surface area contributed by atoms with Crippen LogP contribution in [0.1, 0.15) is 24.1 Å². The van der Waals surface area contributed by atoms with E-state index in [9.17, 15) is 13.2 Å². The van der Waals surface area contributed by atoms with Crippen LogP contribution in [0.3, 0.4) is 0 Å². The van der Waals surface area contributed by atoms with E-state index in [1.807, 2.05) is 19.1 Å². The highest BCUT2D eigenvalue weighted by Gasteiger charge is 2.32. The molecule has 0 amide bonds. The average molecular weight is 346 g/mol. The summed E-state index contributed by atoms with van der Waals surface area (Å²) in [4.78, 5) is 6.83. The lowest BCUT2D eigenvalue weighted by molar-refractivity contribution is -0.137. The topological polar surface area (TPSA) is 44.8 Å². The molecule has 4 rings (SSSR count). The van der Waals surface area contributed by atoms with E-state index in [2.05, 4.69) is 20.1 Å². The summed E-state index contributed by atoms with van der Waals surface area (Å²) in [5.74, 6) is 0.883. The van der Waals surface area contributed by atoms with Gasteiger partial charge in [-0.1, -0.05) is 0 Å². The molecule has 1 N–H and O–H groups in total. The molecule has 25 heavy (non-hydrogen) atoms. The molecular weight excluding hydrogens is 329 g/mol. The number of nitrogens with zero attached hydrogens (tertiary/aromatic N) is 3. The zero-order chi connectivity index (χ0) is 17.6. The molecule has 3 aromatic rings. The molecule has 7 heteroatoms. The van der Waals surface area contributed by atoms with Crippen molar-refractivity contribution in [3.8, 4) is 11.1 Å². The monoisotopic (exact) mass is 346 g/mol. The molecule has 2 aromatic heterocycles. The molecule has 1 aliphatic heterocycles. The number of halogens is 3. The third-order valence-corrected chi connectivity index (χ3v) is 4.68. The van der Waals surface area contributed by atoms with Crippen LogP contribution in [0.4, 0.5) is 19.0 Å². The van der Waals surface area contributed by atoms with Crippen molar-refractivity contribution in [2.24, 2.45) is 0 Å². The van der Waals surface area contributed by atoms with Crippen molar-refractivity contribution >= 4 is 16.7 Å². The standard InChI is InChI=1S/C18H17F3N4/c1-11-13(4-5-17(23-11)25-6-2-3-7-25)14-8-12(18(19,20)21)9-16-15(14)10-22-24-16/h4-5,8-10H,2-3,6-7H2,1H3,(H,22,24). The summed E-state index contributed by atoms with van der Waals surface area (Å²) >= 11 is 0. The number of aromatic amines is 1. The first kappa shape index (κ1) is 15.9. The maximum atomic E-state index is 13.2. The van der Waals surface area contributed by atoms with Crippen molar-refractivity contribution in [1.82, 2.24) is 15.2 Å². The Morgan fingerprint density at radius 2 is 1.84 bits per heavy atom. The van der Waals surface area contributed by atoms with Crippen molar-refractivity contribution in [2.75, 3.05) is 18.0 Å². The fourth-order valence-corrected chi connectivity index (χ4v) is 3.39. The number of aromatic nitrogens is 3. The Bertz CT molecular complexity index is 924. The van der Waals surface area contributed by atoms with E-state index in [1.165, 1.54) is 6.07 Å². The van der Waals surface area contributed by atoms with Crippen LogP contribution in [-0.4, -0.2) is 28.3 Å². The third-order valence-electron chi connectivity index (χ3n) is 4.68. The summed E-state index contributed by atoms with van der Waals surface area (Å²) in [7, 11) is 0. The SMILES string of the molecule is Cc1nc(N2CCCC2)ccc1-c1cc(C(F)(F)F)cc2[nH]ncc12. The fourth-order valence-electron chi connectivity index (χ4n) is 3.39. The van der Waals surface area contributed by atoms with Gasteiger partial charge in [0, 0.05) is 29.7 Å². The summed E-state index contributed by atoms with van der Waals surface area (Å²) in [6, 6.07) is 6.02. The second kappa shape index (κ2) is 5.75. The predicted octanol–water partition coefficient (Wildman–Crippen LogP) is 4.55. The van der Waals surface area contributed by atoms with Crippen molar-refractivity contribution in [3.05, 3.63) is 41.7 Å². The van der Waals surface area contributed by atoms with Gasteiger partial charge in [-0.2, -0.15) is 18.3 Å². The molecule has 3 heterocycles. The van der Waals surface area contributed by atoms with Gasteiger partial charge in [-0.15, -0.1) is 0 Å². The maximum Gasteiger partial charge on any atom is 0.416 e. The number of pyridine rings is 1. The summed E-state index contributed by atoms with van der Waals surface area (Å²) < 4.78 is 39.7. The number of alkyl halides is 3. The summed E-state index contributed by atoms with van der Waals surface area (Å²) in [5.41, 5.74) is 1.58. The van der Waals surface area contributed by atoms with E-state index in [0.29, 0.717) is 27.7 Å². The molecule has 0 atom stereocenters. The number of benzene rings is 1. The number of fused-ring (bicyclic) bond motifs is 1. The van der Waals surface area contributed by atoms with Crippen LogP contribution in [0.15, 0.2) is 30.5 Å². The van der Waals surface area contributed by atoms with Gasteiger partial charge < -0.3 is 4.90 Å². The van der Waals surface area contributed by atoms with Crippen LogP contribution in [0.5, 0.6) is 0 Å². The van der Waals surface area contributed by atoms with Gasteiger partial charge in [0.25, 0.3) is 0 Å². The van der Waals surface area contributed by atoms with E-state index < -0.39 is 11.7 Å². The van der Waals surface area contributed by atoms with Crippen LogP contribution in [0, 0.1) is 6.92 Å². The normalized spacial score (nSPS) is 15.3. The Labute approximate surface area is 142 Å². The van der Waals surface area contributed by atoms with Gasteiger partial charge in [0.2, 0.25) is 0 Å². The van der Waals surface area contributed by atoms with Crippen molar-refractivity contribution < 1.29 is 13.2 Å². The Hall–Kier alpha value is -2.57. The van der Waals surface area contributed by atoms with Crippen LogP contribution < -0.4 is 4.90 Å². The van der Waals surface area contributed by atoms with Gasteiger partial charge in [0.05, 0.1) is 17.3 Å². The number of H-pyrrole nitrogens is 1. The number of hydrogen-bond acceptors (Lipinski definition) is 3. The minimum atomic E-state index is -4.41. The first-order valence-electron chi connectivity index (χ1n) is 8.21. The van der Waals surface area contributed by atoms with Gasteiger partial charge in [-0.3, -0.25) is 5.10 Å². The number of hydrogen-bond donors (Lipinski definition) is 1. The van der Waals surface area contributed by atoms with Crippen molar-refractivity contribution in [3.63, 3.8) is 0 Å². The Balaban J connectivity index is 1.85. The van der Waals surface area contributed by atoms with E-state index >= 15 is 0 Å². The highest BCUT2D eigenvalue weighted by molar-refractivity contribution is 5.95. The molecule has 0 aliphatic carbocycles. The molecule has 1 fully saturated rings. The number of aryl methyl sites for hydroxylation is 1. The summed E-state index contributed by atoms with van der Waals surface area (Å²) in [6.07, 6.45) is -0.568. The second-order valence-electron chi connectivity index (χ2n) is 6.35. The quantitative estimate of drug-likeness (QED) is 0.740. The van der Waals surface area contributed by atoms with Gasteiger partial charge in [-0.25, -0.2) is 4.98 Å². The molecule has 1 aromatic carbocycles. The van der Waals surface area contributed by atoms with Crippen LogP contribution in [-0.2, 0) is 6.18 Å². The molecule has 1 saturated heterocycles. The lowest BCUT2D eigenvalue weighted by Crippen LogP contribution is -2.19. The molecule has 0 unspecified atom stereocenters. The second-order valence-corrected chi connectivity index (χ2v) is 6.35. The lowest BCUT2D eigenvalue weighted by atomic mass is 9.98. The minimum absolute atomic E-state index is 0.368. The predicted molar refractivity (Wildman–Crippen MR) is 90.5 cm³/mol. The first-order valence-corrected chi connectivity index (χ1v) is 8.21. The largest absolute Gasteiger partial charge is 0.416 e. The van der Waals surface area contributed by atoms with Crippen LogP contribution in [0.25, 0.3) is 22.0 Å². The molecule has 4 nitrogen and oxygen atoms in total. The Morgan fingerprint density at radius 3 is 2.52 bits per heavy atom. The molecular formula is C18H17F3N4. The van der Waals surface area contributed by atoms with Gasteiger partial charge >= 0.3 is 6.18 Å². The minimum Gasteiger partial charge on any atom is -0.357 e. The van der Waals surface area contributed by atoms with E-state index in [1.54, 1.807) is 6.20 Å². The molecule has 0 saturated carbocycles. The van der Waals surface area contributed by atoms with E-state index in [4.69, 9.17) is 0 Å². The smallest absolute Gasteiger partial charge is 0.357 e. The highest BCUT2D eigenvalue weighted by atomic mass is 19.4. The Morgan fingerprint density at radius 1 is 1.08 bits per heavy atom. The Kier molecular flexibility index (Phi) is 3.67. The molecule has 0 spiro atoms. The molecule has 1 aliphatic rings. The number of nitrogens with one attached hydrogen (secondary N) is 1. The third kappa shape index (κ3) is 2.83.